The average molecular weight is 302 g/mol. The monoisotopic (exact) mass is 302 g/mol. The van der Waals surface area contributed by atoms with Gasteiger partial charge in [-0.15, -0.1) is 0 Å². The maximum absolute atomic E-state index is 13.7. The molecule has 1 aliphatic rings. The Balaban J connectivity index is 1.91. The molecule has 114 valence electrons. The maximum Gasteiger partial charge on any atom is 0.306 e. The molecule has 1 N–H and O–H groups in total. The van der Waals surface area contributed by atoms with Crippen LogP contribution in [0.1, 0.15) is 23.2 Å². The van der Waals surface area contributed by atoms with E-state index in [4.69, 9.17) is 5.11 Å². The van der Waals surface area contributed by atoms with Crippen LogP contribution in [0, 0.1) is 11.7 Å². The van der Waals surface area contributed by atoms with Gasteiger partial charge in [0.2, 0.25) is 0 Å². The first-order valence-corrected chi connectivity index (χ1v) is 7.10. The summed E-state index contributed by atoms with van der Waals surface area (Å²) >= 11 is 0. The number of rotatable bonds is 3. The molecule has 0 aliphatic heterocycles. The first kappa shape index (κ1) is 14.4. The normalized spacial score (nSPS) is 17.0. The van der Waals surface area contributed by atoms with Crippen LogP contribution in [0.15, 0.2) is 35.1 Å². The molecule has 1 aromatic heterocycles. The Morgan fingerprint density at radius 2 is 2.18 bits per heavy atom. The third-order valence-corrected chi connectivity index (χ3v) is 3.99. The van der Waals surface area contributed by atoms with E-state index in [9.17, 15) is 14.0 Å². The number of hydrogen-bond donors (Lipinski definition) is 1. The number of nitrogens with zero attached hydrogens (tertiary/aromatic N) is 2. The molecule has 2 aromatic rings. The molecule has 1 aliphatic carbocycles. The molecule has 0 saturated carbocycles. The van der Waals surface area contributed by atoms with Crippen LogP contribution in [-0.2, 0) is 24.2 Å². The topological polar surface area (TPSA) is 72.2 Å². The highest BCUT2D eigenvalue weighted by Gasteiger charge is 2.26. The summed E-state index contributed by atoms with van der Waals surface area (Å²) in [5, 5.41) is 13.4. The molecule has 0 amide bonds. The van der Waals surface area contributed by atoms with Gasteiger partial charge in [-0.05, 0) is 30.9 Å². The van der Waals surface area contributed by atoms with E-state index in [0.29, 0.717) is 30.4 Å². The van der Waals surface area contributed by atoms with Crippen molar-refractivity contribution in [1.82, 2.24) is 9.78 Å². The molecule has 0 spiro atoms. The van der Waals surface area contributed by atoms with Gasteiger partial charge < -0.3 is 5.11 Å². The van der Waals surface area contributed by atoms with E-state index in [2.05, 4.69) is 5.10 Å². The van der Waals surface area contributed by atoms with Crippen molar-refractivity contribution < 1.29 is 14.3 Å². The third kappa shape index (κ3) is 2.77. The zero-order valence-corrected chi connectivity index (χ0v) is 11.8. The van der Waals surface area contributed by atoms with Gasteiger partial charge in [0.1, 0.15) is 5.82 Å². The maximum atomic E-state index is 13.7. The molecular formula is C16H15FN2O3. The van der Waals surface area contributed by atoms with Crippen molar-refractivity contribution in [2.24, 2.45) is 5.92 Å². The van der Waals surface area contributed by atoms with Crippen LogP contribution in [0.2, 0.25) is 0 Å². The van der Waals surface area contributed by atoms with Gasteiger partial charge in [0, 0.05) is 11.6 Å². The average Bonchev–Trinajstić information content (AvgIpc) is 2.49. The number of aliphatic carboxylic acids is 1. The fourth-order valence-corrected chi connectivity index (χ4v) is 2.74. The van der Waals surface area contributed by atoms with Gasteiger partial charge in [0.05, 0.1) is 18.2 Å². The number of carboxylic acid groups (broad SMARTS) is 1. The van der Waals surface area contributed by atoms with Crippen molar-refractivity contribution in [3.05, 3.63) is 63.3 Å². The number of halogens is 1. The smallest absolute Gasteiger partial charge is 0.306 e. The molecule has 0 unspecified atom stereocenters. The highest BCUT2D eigenvalue weighted by atomic mass is 19.1. The summed E-state index contributed by atoms with van der Waals surface area (Å²) in [5.41, 5.74) is 1.48. The molecular weight excluding hydrogens is 287 g/mol. The standard InChI is InChI=1S/C16H15FN2O3/c17-13-4-2-1-3-11(13)9-19-15(20)8-12-7-10(16(21)22)5-6-14(12)18-19/h1-4,8,10H,5-7,9H2,(H,21,22)/t10-/m1/s1. The molecule has 22 heavy (non-hydrogen) atoms. The molecule has 0 radical (unpaired) electrons. The second-order valence-corrected chi connectivity index (χ2v) is 5.48. The number of carboxylic acids is 1. The van der Waals surface area contributed by atoms with E-state index >= 15 is 0 Å². The highest BCUT2D eigenvalue weighted by molar-refractivity contribution is 5.70. The Morgan fingerprint density at radius 1 is 1.41 bits per heavy atom. The van der Waals surface area contributed by atoms with E-state index < -0.39 is 11.9 Å². The summed E-state index contributed by atoms with van der Waals surface area (Å²) in [4.78, 5) is 23.2. The lowest BCUT2D eigenvalue weighted by Crippen LogP contribution is -2.30. The third-order valence-electron chi connectivity index (χ3n) is 3.99. The van der Waals surface area contributed by atoms with E-state index in [1.165, 1.54) is 16.8 Å². The van der Waals surface area contributed by atoms with E-state index in [0.717, 1.165) is 5.69 Å². The molecule has 1 aromatic carbocycles. The first-order chi connectivity index (χ1) is 10.5. The number of fused-ring (bicyclic) bond motifs is 1. The van der Waals surface area contributed by atoms with Crippen molar-refractivity contribution in [1.29, 1.82) is 0 Å². The Kier molecular flexibility index (Phi) is 3.75. The summed E-state index contributed by atoms with van der Waals surface area (Å²) < 4.78 is 14.9. The van der Waals surface area contributed by atoms with Crippen LogP contribution < -0.4 is 5.56 Å². The summed E-state index contributed by atoms with van der Waals surface area (Å²) in [6.07, 6.45) is 1.35. The Labute approximate surface area is 126 Å². The van der Waals surface area contributed by atoms with Gasteiger partial charge in [-0.1, -0.05) is 18.2 Å². The number of aromatic nitrogens is 2. The van der Waals surface area contributed by atoms with Gasteiger partial charge in [-0.3, -0.25) is 9.59 Å². The molecule has 6 heteroatoms. The second kappa shape index (κ2) is 5.71. The van der Waals surface area contributed by atoms with E-state index in [1.54, 1.807) is 18.2 Å². The van der Waals surface area contributed by atoms with E-state index in [1.807, 2.05) is 0 Å². The minimum Gasteiger partial charge on any atom is -0.481 e. The summed E-state index contributed by atoms with van der Waals surface area (Å²) in [5.74, 6) is -1.68. The van der Waals surface area contributed by atoms with Crippen LogP contribution in [0.3, 0.4) is 0 Å². The summed E-state index contributed by atoms with van der Waals surface area (Å²) in [6, 6.07) is 7.69. The Bertz CT molecular complexity index is 785. The minimum absolute atomic E-state index is 0.0706. The molecule has 1 atom stereocenters. The zero-order valence-electron chi connectivity index (χ0n) is 11.8. The SMILES string of the molecule is O=C(O)[C@@H]1CCc2nn(Cc3ccccc3F)c(=O)cc2C1. The first-order valence-electron chi connectivity index (χ1n) is 7.10. The highest BCUT2D eigenvalue weighted by Crippen LogP contribution is 2.23. The van der Waals surface area contributed by atoms with Gasteiger partial charge in [0.25, 0.3) is 5.56 Å². The summed E-state index contributed by atoms with van der Waals surface area (Å²) in [7, 11) is 0. The Morgan fingerprint density at radius 3 is 2.91 bits per heavy atom. The summed E-state index contributed by atoms with van der Waals surface area (Å²) in [6.45, 7) is 0.0706. The van der Waals surface area contributed by atoms with Crippen LogP contribution in [0.25, 0.3) is 0 Å². The van der Waals surface area contributed by atoms with Crippen molar-refractivity contribution in [3.63, 3.8) is 0 Å². The van der Waals surface area contributed by atoms with Gasteiger partial charge in [0.15, 0.2) is 0 Å². The van der Waals surface area contributed by atoms with Crippen LogP contribution in [0.4, 0.5) is 4.39 Å². The van der Waals surface area contributed by atoms with Gasteiger partial charge in [-0.25, -0.2) is 9.07 Å². The molecule has 5 nitrogen and oxygen atoms in total. The number of aryl methyl sites for hydroxylation is 1. The number of benzene rings is 1. The van der Waals surface area contributed by atoms with Crippen molar-refractivity contribution in [3.8, 4) is 0 Å². The van der Waals surface area contributed by atoms with Gasteiger partial charge in [-0.2, -0.15) is 5.10 Å². The second-order valence-electron chi connectivity index (χ2n) is 5.48. The predicted molar refractivity (Wildman–Crippen MR) is 77.1 cm³/mol. The largest absolute Gasteiger partial charge is 0.481 e. The molecule has 0 saturated heterocycles. The van der Waals surface area contributed by atoms with Crippen molar-refractivity contribution in [2.75, 3.05) is 0 Å². The quantitative estimate of drug-likeness (QED) is 0.935. The number of carbonyl (C=O) groups is 1. The molecule has 0 fully saturated rings. The zero-order chi connectivity index (χ0) is 15.7. The van der Waals surface area contributed by atoms with Gasteiger partial charge >= 0.3 is 5.97 Å². The fraction of sp³-hybridized carbons (Fsp3) is 0.312. The molecule has 3 rings (SSSR count). The molecule has 0 bridgehead atoms. The lowest BCUT2D eigenvalue weighted by Gasteiger charge is -2.21. The van der Waals surface area contributed by atoms with Crippen LogP contribution >= 0.6 is 0 Å². The lowest BCUT2D eigenvalue weighted by molar-refractivity contribution is -0.142. The number of hydrogen-bond acceptors (Lipinski definition) is 3. The lowest BCUT2D eigenvalue weighted by atomic mass is 9.87. The van der Waals surface area contributed by atoms with Crippen molar-refractivity contribution in [2.45, 2.75) is 25.8 Å². The predicted octanol–water partition coefficient (Wildman–Crippen LogP) is 1.62. The van der Waals surface area contributed by atoms with Crippen molar-refractivity contribution >= 4 is 5.97 Å². The molecule has 1 heterocycles. The fourth-order valence-electron chi connectivity index (χ4n) is 2.74. The minimum atomic E-state index is -0.846. The Hall–Kier alpha value is -2.50. The van der Waals surface area contributed by atoms with Crippen LogP contribution in [-0.4, -0.2) is 20.9 Å². The van der Waals surface area contributed by atoms with E-state index in [-0.39, 0.29) is 17.9 Å². The van der Waals surface area contributed by atoms with Crippen LogP contribution in [0.5, 0.6) is 0 Å².